The Bertz CT molecular complexity index is 112. The van der Waals surface area contributed by atoms with Crippen molar-refractivity contribution in [2.45, 2.75) is 27.2 Å². The lowest BCUT2D eigenvalue weighted by atomic mass is 10.4. The zero-order valence-corrected chi connectivity index (χ0v) is 7.16. The van der Waals surface area contributed by atoms with Crippen LogP contribution in [0.1, 0.15) is 27.2 Å². The highest BCUT2D eigenvalue weighted by Crippen LogP contribution is 2.19. The summed E-state index contributed by atoms with van der Waals surface area (Å²) >= 11 is 1.80. The first-order valence-electron chi connectivity index (χ1n) is 3.28. The normalized spacial score (nSPS) is 13.0. The Hall–Kier alpha value is -0.170. The summed E-state index contributed by atoms with van der Waals surface area (Å²) in [6.45, 7) is 6.29. The number of hydrogen-bond acceptors (Lipinski definition) is 1. The van der Waals surface area contributed by atoms with Crippen LogP contribution in [-0.2, 0) is 0 Å². The van der Waals surface area contributed by atoms with Crippen LogP contribution in [0.15, 0.2) is 22.5 Å². The van der Waals surface area contributed by atoms with Gasteiger partial charge in [0.25, 0.3) is 0 Å². The number of hydrogen-bond donors (Lipinski definition) is 0. The third-order valence-electron chi connectivity index (χ3n) is 1.03. The zero-order chi connectivity index (χ0) is 7.11. The third kappa shape index (κ3) is 4.34. The predicted molar refractivity (Wildman–Crippen MR) is 46.5 cm³/mol. The molecule has 0 aromatic rings. The molecule has 0 aliphatic rings. The Labute approximate surface area is 62.0 Å². The van der Waals surface area contributed by atoms with Gasteiger partial charge in [0.15, 0.2) is 0 Å². The van der Waals surface area contributed by atoms with E-state index in [1.165, 1.54) is 4.91 Å². The summed E-state index contributed by atoms with van der Waals surface area (Å²) in [5, 5.41) is 2.11. The van der Waals surface area contributed by atoms with Crippen molar-refractivity contribution < 1.29 is 0 Å². The van der Waals surface area contributed by atoms with Gasteiger partial charge in [-0.15, -0.1) is 11.8 Å². The van der Waals surface area contributed by atoms with E-state index in [0.717, 1.165) is 6.42 Å². The Morgan fingerprint density at radius 1 is 1.44 bits per heavy atom. The van der Waals surface area contributed by atoms with Gasteiger partial charge in [-0.3, -0.25) is 0 Å². The predicted octanol–water partition coefficient (Wildman–Crippen LogP) is 3.57. The minimum absolute atomic E-state index is 1.14. The summed E-state index contributed by atoms with van der Waals surface area (Å²) in [4.78, 5) is 1.44. The van der Waals surface area contributed by atoms with E-state index in [4.69, 9.17) is 0 Å². The lowest BCUT2D eigenvalue weighted by molar-refractivity contribution is 1.19. The second-order valence-corrected chi connectivity index (χ2v) is 2.73. The standard InChI is InChI=1S/C8H14S/c1-4-7-9-8(5-2)6-3/h4-5,7H,6H2,1-3H3/b7-4-,8-5+. The first-order chi connectivity index (χ1) is 4.35. The monoisotopic (exact) mass is 142 g/mol. The van der Waals surface area contributed by atoms with Crippen molar-refractivity contribution in [3.8, 4) is 0 Å². The molecule has 0 saturated carbocycles. The van der Waals surface area contributed by atoms with Gasteiger partial charge >= 0.3 is 0 Å². The van der Waals surface area contributed by atoms with Crippen LogP contribution < -0.4 is 0 Å². The second-order valence-electron chi connectivity index (χ2n) is 1.70. The number of allylic oxidation sites excluding steroid dienone is 3. The fourth-order valence-electron chi connectivity index (χ4n) is 0.511. The molecule has 0 nitrogen and oxygen atoms in total. The fourth-order valence-corrected chi connectivity index (χ4v) is 1.12. The van der Waals surface area contributed by atoms with Crippen molar-refractivity contribution >= 4 is 11.8 Å². The Kier molecular flexibility index (Phi) is 5.85. The first kappa shape index (κ1) is 8.83. The van der Waals surface area contributed by atoms with E-state index in [1.54, 1.807) is 11.8 Å². The van der Waals surface area contributed by atoms with Gasteiger partial charge < -0.3 is 0 Å². The first-order valence-corrected chi connectivity index (χ1v) is 4.16. The van der Waals surface area contributed by atoms with Crippen LogP contribution in [-0.4, -0.2) is 0 Å². The molecule has 0 fully saturated rings. The maximum absolute atomic E-state index is 2.17. The van der Waals surface area contributed by atoms with E-state index in [1.807, 2.05) is 6.92 Å². The van der Waals surface area contributed by atoms with Gasteiger partial charge in [0, 0.05) is 0 Å². The van der Waals surface area contributed by atoms with Gasteiger partial charge in [-0.2, -0.15) is 0 Å². The lowest BCUT2D eigenvalue weighted by Gasteiger charge is -1.94. The van der Waals surface area contributed by atoms with E-state index in [2.05, 4.69) is 31.4 Å². The van der Waals surface area contributed by atoms with Gasteiger partial charge in [0.05, 0.1) is 0 Å². The van der Waals surface area contributed by atoms with Gasteiger partial charge in [-0.25, -0.2) is 0 Å². The molecule has 0 radical (unpaired) electrons. The molecule has 0 aromatic carbocycles. The van der Waals surface area contributed by atoms with Crippen LogP contribution in [0.3, 0.4) is 0 Å². The molecule has 0 N–H and O–H groups in total. The molecular formula is C8H14S. The number of thioether (sulfide) groups is 1. The highest BCUT2D eigenvalue weighted by molar-refractivity contribution is 8.05. The summed E-state index contributed by atoms with van der Waals surface area (Å²) < 4.78 is 0. The molecule has 1 heteroatoms. The van der Waals surface area contributed by atoms with Crippen molar-refractivity contribution in [1.82, 2.24) is 0 Å². The van der Waals surface area contributed by atoms with Gasteiger partial charge in [0.2, 0.25) is 0 Å². The summed E-state index contributed by atoms with van der Waals surface area (Å²) in [5.41, 5.74) is 0. The summed E-state index contributed by atoms with van der Waals surface area (Å²) in [6.07, 6.45) is 5.36. The molecule has 9 heavy (non-hydrogen) atoms. The molecule has 0 unspecified atom stereocenters. The Morgan fingerprint density at radius 3 is 2.44 bits per heavy atom. The zero-order valence-electron chi connectivity index (χ0n) is 6.35. The van der Waals surface area contributed by atoms with Crippen LogP contribution in [0.5, 0.6) is 0 Å². The maximum atomic E-state index is 2.17. The van der Waals surface area contributed by atoms with Crippen LogP contribution in [0.2, 0.25) is 0 Å². The largest absolute Gasteiger partial charge is 0.103 e. The van der Waals surface area contributed by atoms with E-state index >= 15 is 0 Å². The summed E-state index contributed by atoms with van der Waals surface area (Å²) in [6, 6.07) is 0. The van der Waals surface area contributed by atoms with Crippen molar-refractivity contribution in [1.29, 1.82) is 0 Å². The number of rotatable bonds is 3. The highest BCUT2D eigenvalue weighted by atomic mass is 32.2. The quantitative estimate of drug-likeness (QED) is 0.580. The van der Waals surface area contributed by atoms with Crippen LogP contribution in [0, 0.1) is 0 Å². The molecule has 0 heterocycles. The Balaban J connectivity index is 3.58. The Morgan fingerprint density at radius 2 is 2.11 bits per heavy atom. The molecule has 0 spiro atoms. The van der Waals surface area contributed by atoms with Crippen LogP contribution >= 0.6 is 11.8 Å². The smallest absolute Gasteiger partial charge is 0.0154 e. The van der Waals surface area contributed by atoms with Crippen LogP contribution in [0.4, 0.5) is 0 Å². The van der Waals surface area contributed by atoms with Crippen molar-refractivity contribution in [3.05, 3.63) is 22.5 Å². The molecule has 0 amide bonds. The lowest BCUT2D eigenvalue weighted by Crippen LogP contribution is -1.66. The van der Waals surface area contributed by atoms with E-state index in [-0.39, 0.29) is 0 Å². The van der Waals surface area contributed by atoms with Crippen LogP contribution in [0.25, 0.3) is 0 Å². The minimum atomic E-state index is 1.14. The maximum Gasteiger partial charge on any atom is -0.0154 e. The molecule has 0 bridgehead atoms. The molecular weight excluding hydrogens is 128 g/mol. The van der Waals surface area contributed by atoms with Crippen molar-refractivity contribution in [2.24, 2.45) is 0 Å². The molecule has 0 atom stereocenters. The molecule has 0 rings (SSSR count). The molecule has 0 aromatic heterocycles. The molecule has 0 saturated heterocycles. The highest BCUT2D eigenvalue weighted by Gasteiger charge is 1.86. The molecule has 52 valence electrons. The second kappa shape index (κ2) is 5.96. The fraction of sp³-hybridized carbons (Fsp3) is 0.500. The average Bonchev–Trinajstić information content (AvgIpc) is 1.91. The van der Waals surface area contributed by atoms with Crippen molar-refractivity contribution in [3.63, 3.8) is 0 Å². The minimum Gasteiger partial charge on any atom is -0.103 e. The van der Waals surface area contributed by atoms with Gasteiger partial charge in [-0.1, -0.05) is 19.1 Å². The van der Waals surface area contributed by atoms with Gasteiger partial charge in [0.1, 0.15) is 0 Å². The average molecular weight is 142 g/mol. The summed E-state index contributed by atoms with van der Waals surface area (Å²) in [5.74, 6) is 0. The van der Waals surface area contributed by atoms with E-state index in [9.17, 15) is 0 Å². The molecule has 0 aliphatic heterocycles. The van der Waals surface area contributed by atoms with Crippen molar-refractivity contribution in [2.75, 3.05) is 0 Å². The van der Waals surface area contributed by atoms with E-state index < -0.39 is 0 Å². The topological polar surface area (TPSA) is 0 Å². The van der Waals surface area contributed by atoms with E-state index in [0.29, 0.717) is 0 Å². The third-order valence-corrected chi connectivity index (χ3v) is 2.26. The molecule has 0 aliphatic carbocycles. The summed E-state index contributed by atoms with van der Waals surface area (Å²) in [7, 11) is 0. The van der Waals surface area contributed by atoms with Gasteiger partial charge in [-0.05, 0) is 30.6 Å². The SMILES string of the molecule is C/C=C\S/C(=C/C)CC.